The normalized spacial score (nSPS) is 20.0. The van der Waals surface area contributed by atoms with E-state index in [1.54, 1.807) is 30.3 Å². The van der Waals surface area contributed by atoms with Gasteiger partial charge in [-0.2, -0.15) is 0 Å². The molecule has 2 bridgehead atoms. The fraction of sp³-hybridized carbons (Fsp3) is 0.409. The lowest BCUT2D eigenvalue weighted by molar-refractivity contribution is 0.0968. The Balaban J connectivity index is 1.40. The molecule has 152 valence electrons. The smallest absolute Gasteiger partial charge is 0.257 e. The number of carbonyl (C=O) groups is 1. The molecule has 2 aliphatic rings. The van der Waals surface area contributed by atoms with E-state index in [2.05, 4.69) is 17.1 Å². The molecule has 2 aromatic rings. The molecule has 7 heteroatoms. The molecule has 1 aromatic heterocycles. The van der Waals surface area contributed by atoms with Gasteiger partial charge in [0.2, 0.25) is 0 Å². The monoisotopic (exact) mass is 411 g/mol. The van der Waals surface area contributed by atoms with Crippen molar-refractivity contribution in [1.82, 2.24) is 14.8 Å². The lowest BCUT2D eigenvalue weighted by Crippen LogP contribution is -2.52. The fourth-order valence-electron chi connectivity index (χ4n) is 4.23. The third-order valence-electron chi connectivity index (χ3n) is 5.58. The van der Waals surface area contributed by atoms with Crippen LogP contribution in [0.2, 0.25) is 0 Å². The average molecular weight is 412 g/mol. The Morgan fingerprint density at radius 3 is 2.72 bits per heavy atom. The van der Waals surface area contributed by atoms with Crippen LogP contribution < -0.4 is 15.6 Å². The predicted octanol–water partition coefficient (Wildman–Crippen LogP) is 2.77. The van der Waals surface area contributed by atoms with E-state index in [1.807, 2.05) is 16.7 Å². The minimum Gasteiger partial charge on any atom is -0.494 e. The maximum atomic E-state index is 12.6. The van der Waals surface area contributed by atoms with Crippen molar-refractivity contribution in [2.75, 3.05) is 19.7 Å². The predicted molar refractivity (Wildman–Crippen MR) is 115 cm³/mol. The number of nitrogens with one attached hydrogen (secondary N) is 1. The molecule has 29 heavy (non-hydrogen) atoms. The Bertz CT molecular complexity index is 970. The molecule has 2 atom stereocenters. The van der Waals surface area contributed by atoms with E-state index >= 15 is 0 Å². The highest BCUT2D eigenvalue weighted by Gasteiger charge is 2.35. The highest BCUT2D eigenvalue weighted by molar-refractivity contribution is 7.80. The van der Waals surface area contributed by atoms with Gasteiger partial charge in [-0.25, -0.2) is 0 Å². The van der Waals surface area contributed by atoms with E-state index in [0.29, 0.717) is 36.3 Å². The third-order valence-corrected chi connectivity index (χ3v) is 5.94. The van der Waals surface area contributed by atoms with Crippen LogP contribution in [0.15, 0.2) is 47.3 Å². The van der Waals surface area contributed by atoms with Gasteiger partial charge < -0.3 is 14.2 Å². The summed E-state index contributed by atoms with van der Waals surface area (Å²) in [6.07, 6.45) is 1.99. The van der Waals surface area contributed by atoms with Gasteiger partial charge in [-0.05, 0) is 61.3 Å². The molecule has 1 unspecified atom stereocenters. The van der Waals surface area contributed by atoms with E-state index < -0.39 is 0 Å². The van der Waals surface area contributed by atoms with Gasteiger partial charge >= 0.3 is 0 Å². The Hall–Kier alpha value is -2.67. The number of nitrogens with zero attached hydrogens (tertiary/aromatic N) is 2. The molecule has 1 saturated heterocycles. The summed E-state index contributed by atoms with van der Waals surface area (Å²) in [4.78, 5) is 26.8. The Kier molecular flexibility index (Phi) is 5.67. The van der Waals surface area contributed by atoms with Gasteiger partial charge in [0.25, 0.3) is 11.5 Å². The summed E-state index contributed by atoms with van der Waals surface area (Å²) in [7, 11) is 0. The summed E-state index contributed by atoms with van der Waals surface area (Å²) in [5.41, 5.74) is 1.67. The topological polar surface area (TPSA) is 63.6 Å². The fourth-order valence-corrected chi connectivity index (χ4v) is 4.47. The zero-order chi connectivity index (χ0) is 20.4. The number of hydrogen-bond acceptors (Lipinski definition) is 4. The molecule has 6 nitrogen and oxygen atoms in total. The van der Waals surface area contributed by atoms with E-state index in [0.717, 1.165) is 30.8 Å². The number of fused-ring (bicyclic) bond motifs is 4. The van der Waals surface area contributed by atoms with Gasteiger partial charge in [-0.1, -0.05) is 13.0 Å². The number of benzene rings is 1. The highest BCUT2D eigenvalue weighted by atomic mass is 32.1. The minimum absolute atomic E-state index is 0.0629. The first kappa shape index (κ1) is 19.6. The SMILES string of the molecule is CCCOc1ccc(C(=O)NC(=S)N2CC3C[C@@H](C2)Cn2c3cccc2=O)cc1. The molecule has 3 heterocycles. The van der Waals surface area contributed by atoms with Crippen molar-refractivity contribution in [2.24, 2.45) is 5.92 Å². The van der Waals surface area contributed by atoms with Crippen molar-refractivity contribution in [3.05, 3.63) is 64.1 Å². The van der Waals surface area contributed by atoms with Crippen LogP contribution in [0.1, 0.15) is 41.7 Å². The zero-order valence-corrected chi connectivity index (χ0v) is 17.3. The van der Waals surface area contributed by atoms with Gasteiger partial charge in [0, 0.05) is 42.9 Å². The maximum absolute atomic E-state index is 12.6. The van der Waals surface area contributed by atoms with Crippen molar-refractivity contribution in [1.29, 1.82) is 0 Å². The average Bonchev–Trinajstić information content (AvgIpc) is 2.73. The van der Waals surface area contributed by atoms with E-state index in [-0.39, 0.29) is 17.4 Å². The molecule has 0 aliphatic carbocycles. The summed E-state index contributed by atoms with van der Waals surface area (Å²) in [6.45, 7) is 4.87. The number of likely N-dealkylation sites (tertiary alicyclic amines) is 1. The summed E-state index contributed by atoms with van der Waals surface area (Å²) < 4.78 is 7.44. The van der Waals surface area contributed by atoms with Crippen LogP contribution in [0, 0.1) is 5.92 Å². The molecule has 2 aliphatic heterocycles. The molecule has 1 aromatic carbocycles. The van der Waals surface area contributed by atoms with Gasteiger partial charge in [0.15, 0.2) is 5.11 Å². The highest BCUT2D eigenvalue weighted by Crippen LogP contribution is 2.34. The van der Waals surface area contributed by atoms with Crippen LogP contribution in [0.3, 0.4) is 0 Å². The second-order valence-corrected chi connectivity index (χ2v) is 8.12. The summed E-state index contributed by atoms with van der Waals surface area (Å²) in [5, 5.41) is 3.31. The number of piperidine rings is 1. The first-order valence-corrected chi connectivity index (χ1v) is 10.5. The summed E-state index contributed by atoms with van der Waals surface area (Å²) in [6, 6.07) is 12.6. The number of carbonyl (C=O) groups excluding carboxylic acids is 1. The number of rotatable bonds is 4. The third kappa shape index (κ3) is 4.19. The molecular formula is C22H25N3O3S. The molecule has 1 amide bonds. The quantitative estimate of drug-likeness (QED) is 0.784. The maximum Gasteiger partial charge on any atom is 0.257 e. The van der Waals surface area contributed by atoms with Gasteiger partial charge in [0.05, 0.1) is 6.61 Å². The molecular weight excluding hydrogens is 386 g/mol. The van der Waals surface area contributed by atoms with Crippen LogP contribution in [0.4, 0.5) is 0 Å². The number of hydrogen-bond donors (Lipinski definition) is 1. The molecule has 1 N–H and O–H groups in total. The van der Waals surface area contributed by atoms with E-state index in [9.17, 15) is 9.59 Å². The Morgan fingerprint density at radius 2 is 1.97 bits per heavy atom. The first-order chi connectivity index (χ1) is 14.0. The van der Waals surface area contributed by atoms with Crippen LogP contribution in [0.5, 0.6) is 5.75 Å². The molecule has 0 radical (unpaired) electrons. The number of pyridine rings is 1. The molecule has 4 rings (SSSR count). The van der Waals surface area contributed by atoms with E-state index in [4.69, 9.17) is 17.0 Å². The Labute approximate surface area is 175 Å². The second-order valence-electron chi connectivity index (χ2n) is 7.74. The van der Waals surface area contributed by atoms with Crippen LogP contribution >= 0.6 is 12.2 Å². The largest absolute Gasteiger partial charge is 0.494 e. The summed E-state index contributed by atoms with van der Waals surface area (Å²) >= 11 is 5.54. The standard InChI is InChI=1S/C22H25N3O3S/c1-2-10-28-18-8-6-16(7-9-18)21(27)23-22(29)24-12-15-11-17(14-24)19-4-3-5-20(26)25(19)13-15/h3-9,15,17H,2,10-14H2,1H3,(H,23,27,29)/t15-,17?/m0/s1. The van der Waals surface area contributed by atoms with Gasteiger partial charge in [-0.15, -0.1) is 0 Å². The molecule has 0 spiro atoms. The number of thiocarbonyl (C=S) groups is 1. The first-order valence-electron chi connectivity index (χ1n) is 10.1. The van der Waals surface area contributed by atoms with Crippen molar-refractivity contribution >= 4 is 23.2 Å². The lowest BCUT2D eigenvalue weighted by atomic mass is 9.83. The van der Waals surface area contributed by atoms with Gasteiger partial charge in [-0.3, -0.25) is 14.9 Å². The lowest BCUT2D eigenvalue weighted by Gasteiger charge is -2.43. The van der Waals surface area contributed by atoms with Crippen molar-refractivity contribution in [3.63, 3.8) is 0 Å². The molecule has 0 saturated carbocycles. The number of amides is 1. The van der Waals surface area contributed by atoms with Crippen molar-refractivity contribution in [3.8, 4) is 5.75 Å². The van der Waals surface area contributed by atoms with Crippen molar-refractivity contribution in [2.45, 2.75) is 32.2 Å². The number of ether oxygens (including phenoxy) is 1. The zero-order valence-electron chi connectivity index (χ0n) is 16.5. The van der Waals surface area contributed by atoms with E-state index in [1.165, 1.54) is 0 Å². The Morgan fingerprint density at radius 1 is 1.17 bits per heavy atom. The van der Waals surface area contributed by atoms with Crippen LogP contribution in [-0.2, 0) is 6.54 Å². The number of aromatic nitrogens is 1. The second kappa shape index (κ2) is 8.37. The molecule has 1 fully saturated rings. The van der Waals surface area contributed by atoms with Crippen molar-refractivity contribution < 1.29 is 9.53 Å². The minimum atomic E-state index is -0.218. The van der Waals surface area contributed by atoms with Crippen LogP contribution in [-0.4, -0.2) is 40.2 Å². The van der Waals surface area contributed by atoms with Crippen LogP contribution in [0.25, 0.3) is 0 Å². The summed E-state index contributed by atoms with van der Waals surface area (Å²) in [5.74, 6) is 1.14. The van der Waals surface area contributed by atoms with Gasteiger partial charge in [0.1, 0.15) is 5.75 Å².